The molecule has 1 saturated heterocycles. The molecule has 1 aliphatic rings. The maximum Gasteiger partial charge on any atom is 0.221 e. The number of hydrogen-bond acceptors (Lipinski definition) is 4. The number of aromatic nitrogens is 2. The van der Waals surface area contributed by atoms with Gasteiger partial charge in [0.2, 0.25) is 5.91 Å². The minimum Gasteiger partial charge on any atom is -0.369 e. The highest BCUT2D eigenvalue weighted by Gasteiger charge is 2.24. The second kappa shape index (κ2) is 5.76. The number of thiazole rings is 1. The molecule has 0 spiro atoms. The van der Waals surface area contributed by atoms with Crippen LogP contribution in [0, 0.1) is 5.92 Å². The van der Waals surface area contributed by atoms with Gasteiger partial charge < -0.3 is 5.73 Å². The highest BCUT2D eigenvalue weighted by molar-refractivity contribution is 7.12. The van der Waals surface area contributed by atoms with Gasteiger partial charge in [0.05, 0.1) is 5.92 Å². The monoisotopic (exact) mass is 290 g/mol. The van der Waals surface area contributed by atoms with Crippen LogP contribution < -0.4 is 5.73 Å². The number of carbonyl (C=O) groups is 1. The molecule has 3 rings (SSSR count). The third kappa shape index (κ3) is 2.76. The molecule has 20 heavy (non-hydrogen) atoms. The lowest BCUT2D eigenvalue weighted by Gasteiger charge is -2.31. The normalized spacial score (nSPS) is 20.1. The molecule has 0 aliphatic carbocycles. The molecule has 1 atom stereocenters. The van der Waals surface area contributed by atoms with Crippen LogP contribution in [0.1, 0.15) is 18.5 Å². The number of amides is 1. The SMILES string of the molecule is NC(=O)C1CCCN(Cc2cccn2-c2nccs2)C1. The number of nitrogens with two attached hydrogens (primary N) is 1. The molecule has 1 amide bonds. The predicted octanol–water partition coefficient (Wildman–Crippen LogP) is 1.63. The molecule has 2 aromatic rings. The van der Waals surface area contributed by atoms with Gasteiger partial charge in [0, 0.05) is 36.6 Å². The number of piperidine rings is 1. The van der Waals surface area contributed by atoms with Gasteiger partial charge in [0.25, 0.3) is 0 Å². The van der Waals surface area contributed by atoms with Gasteiger partial charge in [0.15, 0.2) is 5.13 Å². The molecule has 1 unspecified atom stereocenters. The van der Waals surface area contributed by atoms with Crippen molar-refractivity contribution in [2.24, 2.45) is 11.7 Å². The topological polar surface area (TPSA) is 64.2 Å². The van der Waals surface area contributed by atoms with Gasteiger partial charge in [-0.1, -0.05) is 0 Å². The summed E-state index contributed by atoms with van der Waals surface area (Å²) in [5.74, 6) is -0.183. The Bertz CT molecular complexity index is 578. The fourth-order valence-corrected chi connectivity index (χ4v) is 3.38. The molecule has 5 nitrogen and oxygen atoms in total. The summed E-state index contributed by atoms with van der Waals surface area (Å²) in [6, 6.07) is 4.14. The Labute approximate surface area is 122 Å². The number of rotatable bonds is 4. The van der Waals surface area contributed by atoms with Crippen molar-refractivity contribution in [3.8, 4) is 5.13 Å². The number of primary amides is 1. The van der Waals surface area contributed by atoms with Crippen molar-refractivity contribution in [1.82, 2.24) is 14.5 Å². The summed E-state index contributed by atoms with van der Waals surface area (Å²) in [7, 11) is 0. The molecule has 0 radical (unpaired) electrons. The molecule has 1 fully saturated rings. The third-order valence-electron chi connectivity index (χ3n) is 3.75. The highest BCUT2D eigenvalue weighted by atomic mass is 32.1. The standard InChI is InChI=1S/C14H18N4OS/c15-13(19)11-3-1-6-17(9-11)10-12-4-2-7-18(12)14-16-5-8-20-14/h2,4-5,7-8,11H,1,3,6,9-10H2,(H2,15,19). The fourth-order valence-electron chi connectivity index (χ4n) is 2.73. The summed E-state index contributed by atoms with van der Waals surface area (Å²) in [5, 5.41) is 2.96. The van der Waals surface area contributed by atoms with Crippen LogP contribution in [0.15, 0.2) is 29.9 Å². The van der Waals surface area contributed by atoms with Gasteiger partial charge in [-0.05, 0) is 31.5 Å². The van der Waals surface area contributed by atoms with Crippen LogP contribution >= 0.6 is 11.3 Å². The summed E-state index contributed by atoms with van der Waals surface area (Å²) in [6.45, 7) is 2.61. The zero-order chi connectivity index (χ0) is 13.9. The fraction of sp³-hybridized carbons (Fsp3) is 0.429. The van der Waals surface area contributed by atoms with Crippen LogP contribution in [-0.2, 0) is 11.3 Å². The first-order valence-corrected chi connectivity index (χ1v) is 7.70. The largest absolute Gasteiger partial charge is 0.369 e. The number of nitrogens with zero attached hydrogens (tertiary/aromatic N) is 3. The Morgan fingerprint density at radius 2 is 2.45 bits per heavy atom. The zero-order valence-electron chi connectivity index (χ0n) is 11.2. The van der Waals surface area contributed by atoms with Crippen LogP contribution in [0.4, 0.5) is 0 Å². The molecule has 106 valence electrons. The molecular weight excluding hydrogens is 272 g/mol. The number of hydrogen-bond donors (Lipinski definition) is 1. The van der Waals surface area contributed by atoms with Gasteiger partial charge in [-0.2, -0.15) is 0 Å². The second-order valence-electron chi connectivity index (χ2n) is 5.16. The van der Waals surface area contributed by atoms with E-state index in [0.717, 1.165) is 37.6 Å². The molecule has 3 heterocycles. The number of carbonyl (C=O) groups excluding carboxylic acids is 1. The summed E-state index contributed by atoms with van der Waals surface area (Å²) >= 11 is 1.62. The van der Waals surface area contributed by atoms with E-state index in [0.29, 0.717) is 0 Å². The molecule has 2 aromatic heterocycles. The first kappa shape index (κ1) is 13.3. The quantitative estimate of drug-likeness (QED) is 0.931. The van der Waals surface area contributed by atoms with Gasteiger partial charge in [-0.15, -0.1) is 11.3 Å². The van der Waals surface area contributed by atoms with Crippen molar-refractivity contribution in [2.75, 3.05) is 13.1 Å². The molecule has 0 saturated carbocycles. The van der Waals surface area contributed by atoms with Crippen molar-refractivity contribution in [1.29, 1.82) is 0 Å². The number of likely N-dealkylation sites (tertiary alicyclic amines) is 1. The second-order valence-corrected chi connectivity index (χ2v) is 6.03. The minimum absolute atomic E-state index is 0.00738. The lowest BCUT2D eigenvalue weighted by Crippen LogP contribution is -2.40. The van der Waals surface area contributed by atoms with Gasteiger partial charge in [-0.3, -0.25) is 14.3 Å². The van der Waals surface area contributed by atoms with Crippen LogP contribution in [0.5, 0.6) is 0 Å². The first-order chi connectivity index (χ1) is 9.74. The Balaban J connectivity index is 1.72. The predicted molar refractivity (Wildman–Crippen MR) is 78.6 cm³/mol. The van der Waals surface area contributed by atoms with Crippen molar-refractivity contribution in [3.63, 3.8) is 0 Å². The van der Waals surface area contributed by atoms with Crippen molar-refractivity contribution >= 4 is 17.2 Å². The Kier molecular flexibility index (Phi) is 3.84. The van der Waals surface area contributed by atoms with Crippen LogP contribution in [-0.4, -0.2) is 33.4 Å². The van der Waals surface area contributed by atoms with Crippen LogP contribution in [0.2, 0.25) is 0 Å². The van der Waals surface area contributed by atoms with E-state index >= 15 is 0 Å². The van der Waals surface area contributed by atoms with E-state index in [9.17, 15) is 4.79 Å². The minimum atomic E-state index is -0.176. The Morgan fingerprint density at radius 1 is 1.55 bits per heavy atom. The first-order valence-electron chi connectivity index (χ1n) is 6.82. The van der Waals surface area contributed by atoms with Crippen LogP contribution in [0.3, 0.4) is 0 Å². The average molecular weight is 290 g/mol. The molecular formula is C14H18N4OS. The van der Waals surface area contributed by atoms with Crippen molar-refractivity contribution in [3.05, 3.63) is 35.6 Å². The van der Waals surface area contributed by atoms with E-state index in [-0.39, 0.29) is 11.8 Å². The van der Waals surface area contributed by atoms with Crippen LogP contribution in [0.25, 0.3) is 5.13 Å². The van der Waals surface area contributed by atoms with Gasteiger partial charge >= 0.3 is 0 Å². The van der Waals surface area contributed by atoms with Gasteiger partial charge in [-0.25, -0.2) is 4.98 Å². The molecule has 6 heteroatoms. The van der Waals surface area contributed by atoms with E-state index in [1.54, 1.807) is 11.3 Å². The zero-order valence-corrected chi connectivity index (χ0v) is 12.1. The average Bonchev–Trinajstić information content (AvgIpc) is 3.09. The van der Waals surface area contributed by atoms with Crippen molar-refractivity contribution < 1.29 is 4.79 Å². The summed E-state index contributed by atoms with van der Waals surface area (Å²) in [5.41, 5.74) is 6.63. The van der Waals surface area contributed by atoms with E-state index in [1.165, 1.54) is 5.69 Å². The van der Waals surface area contributed by atoms with E-state index in [2.05, 4.69) is 20.5 Å². The highest BCUT2D eigenvalue weighted by Crippen LogP contribution is 2.21. The molecule has 0 aromatic carbocycles. The van der Waals surface area contributed by atoms with E-state index in [1.807, 2.05) is 23.8 Å². The molecule has 2 N–H and O–H groups in total. The lowest BCUT2D eigenvalue weighted by molar-refractivity contribution is -0.123. The smallest absolute Gasteiger partial charge is 0.221 e. The van der Waals surface area contributed by atoms with Gasteiger partial charge in [0.1, 0.15) is 0 Å². The van der Waals surface area contributed by atoms with E-state index < -0.39 is 0 Å². The van der Waals surface area contributed by atoms with E-state index in [4.69, 9.17) is 5.73 Å². The Hall–Kier alpha value is -1.66. The summed E-state index contributed by atoms with van der Waals surface area (Å²) < 4.78 is 2.11. The molecule has 0 bridgehead atoms. The summed E-state index contributed by atoms with van der Waals surface area (Å²) in [4.78, 5) is 18.0. The summed E-state index contributed by atoms with van der Waals surface area (Å²) in [6.07, 6.45) is 5.79. The molecule has 1 aliphatic heterocycles. The maximum atomic E-state index is 11.3. The third-order valence-corrected chi connectivity index (χ3v) is 4.52. The Morgan fingerprint density at radius 3 is 3.20 bits per heavy atom. The maximum absolute atomic E-state index is 11.3. The van der Waals surface area contributed by atoms with Crippen molar-refractivity contribution in [2.45, 2.75) is 19.4 Å². The lowest BCUT2D eigenvalue weighted by atomic mass is 9.97.